The molecule has 0 spiro atoms. The number of aromatic nitrogens is 3. The molecule has 0 saturated heterocycles. The van der Waals surface area contributed by atoms with Crippen molar-refractivity contribution in [2.45, 2.75) is 12.5 Å². The quantitative estimate of drug-likeness (QED) is 0.783. The number of aryl methyl sites for hydroxylation is 1. The SMILES string of the molecule is Cn1cnnc1CNC(=O)C(C(N)=S)c1ccccc1. The molecule has 1 aromatic heterocycles. The minimum absolute atomic E-state index is 0.145. The molecule has 1 heterocycles. The molecule has 1 amide bonds. The van der Waals surface area contributed by atoms with E-state index in [1.165, 1.54) is 0 Å². The molecule has 104 valence electrons. The van der Waals surface area contributed by atoms with Gasteiger partial charge in [-0.15, -0.1) is 10.2 Å². The van der Waals surface area contributed by atoms with Crippen LogP contribution in [0, 0.1) is 0 Å². The van der Waals surface area contributed by atoms with Crippen LogP contribution >= 0.6 is 12.2 Å². The lowest BCUT2D eigenvalue weighted by atomic mass is 9.98. The Kier molecular flexibility index (Phi) is 4.41. The summed E-state index contributed by atoms with van der Waals surface area (Å²) in [4.78, 5) is 12.4. The first-order valence-corrected chi connectivity index (χ1v) is 6.45. The lowest BCUT2D eigenvalue weighted by molar-refractivity contribution is -0.121. The fraction of sp³-hybridized carbons (Fsp3) is 0.231. The number of hydrogen-bond donors (Lipinski definition) is 2. The second-order valence-corrected chi connectivity index (χ2v) is 4.79. The number of benzene rings is 1. The molecule has 20 heavy (non-hydrogen) atoms. The van der Waals surface area contributed by atoms with Crippen molar-refractivity contribution in [3.63, 3.8) is 0 Å². The highest BCUT2D eigenvalue weighted by molar-refractivity contribution is 7.80. The first-order valence-electron chi connectivity index (χ1n) is 6.04. The third kappa shape index (κ3) is 3.18. The van der Waals surface area contributed by atoms with Crippen LogP contribution in [0.2, 0.25) is 0 Å². The van der Waals surface area contributed by atoms with Crippen LogP contribution in [0.15, 0.2) is 36.7 Å². The summed E-state index contributed by atoms with van der Waals surface area (Å²) in [6, 6.07) is 9.21. The van der Waals surface area contributed by atoms with Gasteiger partial charge in [0.2, 0.25) is 5.91 Å². The van der Waals surface area contributed by atoms with Gasteiger partial charge >= 0.3 is 0 Å². The van der Waals surface area contributed by atoms with Gasteiger partial charge in [-0.1, -0.05) is 42.5 Å². The molecule has 6 nitrogen and oxygen atoms in total. The second-order valence-electron chi connectivity index (χ2n) is 4.32. The van der Waals surface area contributed by atoms with E-state index in [0.29, 0.717) is 5.82 Å². The molecule has 0 fully saturated rings. The van der Waals surface area contributed by atoms with E-state index in [1.54, 1.807) is 10.9 Å². The molecular formula is C13H15N5OS. The van der Waals surface area contributed by atoms with Gasteiger partial charge in [0.05, 0.1) is 11.5 Å². The van der Waals surface area contributed by atoms with Crippen molar-refractivity contribution in [2.24, 2.45) is 12.8 Å². The first-order chi connectivity index (χ1) is 9.59. The van der Waals surface area contributed by atoms with Crippen molar-refractivity contribution in [1.82, 2.24) is 20.1 Å². The summed E-state index contributed by atoms with van der Waals surface area (Å²) >= 11 is 5.00. The van der Waals surface area contributed by atoms with Crippen LogP contribution in [0.4, 0.5) is 0 Å². The summed E-state index contributed by atoms with van der Waals surface area (Å²) in [5, 5.41) is 10.4. The van der Waals surface area contributed by atoms with Gasteiger partial charge in [0.15, 0.2) is 5.82 Å². The zero-order valence-corrected chi connectivity index (χ0v) is 11.8. The summed E-state index contributed by atoms with van der Waals surface area (Å²) in [6.45, 7) is 0.279. The zero-order valence-electron chi connectivity index (χ0n) is 11.0. The van der Waals surface area contributed by atoms with Gasteiger partial charge < -0.3 is 15.6 Å². The van der Waals surface area contributed by atoms with Crippen LogP contribution in [-0.2, 0) is 18.4 Å². The summed E-state index contributed by atoms with van der Waals surface area (Å²) in [5.74, 6) is -0.223. The van der Waals surface area contributed by atoms with Crippen LogP contribution in [-0.4, -0.2) is 25.7 Å². The Morgan fingerprint density at radius 1 is 1.45 bits per heavy atom. The molecule has 1 aromatic carbocycles. The van der Waals surface area contributed by atoms with E-state index in [-0.39, 0.29) is 17.4 Å². The number of nitrogens with one attached hydrogen (secondary N) is 1. The molecule has 0 radical (unpaired) electrons. The van der Waals surface area contributed by atoms with Crippen LogP contribution in [0.25, 0.3) is 0 Å². The molecule has 2 rings (SSSR count). The highest BCUT2D eigenvalue weighted by Crippen LogP contribution is 2.16. The van der Waals surface area contributed by atoms with E-state index in [9.17, 15) is 4.79 Å². The van der Waals surface area contributed by atoms with Crippen LogP contribution in [0.5, 0.6) is 0 Å². The van der Waals surface area contributed by atoms with E-state index in [1.807, 2.05) is 37.4 Å². The third-order valence-corrected chi connectivity index (χ3v) is 3.14. The van der Waals surface area contributed by atoms with E-state index < -0.39 is 5.92 Å². The minimum Gasteiger partial charge on any atom is -0.392 e. The lowest BCUT2D eigenvalue weighted by Gasteiger charge is -2.15. The molecule has 1 atom stereocenters. The van der Waals surface area contributed by atoms with E-state index in [4.69, 9.17) is 18.0 Å². The average Bonchev–Trinajstić information content (AvgIpc) is 2.83. The van der Waals surface area contributed by atoms with Crippen molar-refractivity contribution < 1.29 is 4.79 Å². The van der Waals surface area contributed by atoms with Crippen molar-refractivity contribution >= 4 is 23.1 Å². The summed E-state index contributed by atoms with van der Waals surface area (Å²) < 4.78 is 1.73. The maximum atomic E-state index is 12.3. The Balaban J connectivity index is 2.09. The number of nitrogens with zero attached hydrogens (tertiary/aromatic N) is 3. The van der Waals surface area contributed by atoms with Gasteiger partial charge in [0.1, 0.15) is 12.2 Å². The number of thiocarbonyl (C=S) groups is 1. The van der Waals surface area contributed by atoms with Crippen LogP contribution < -0.4 is 11.1 Å². The van der Waals surface area contributed by atoms with Gasteiger partial charge in [-0.3, -0.25) is 4.79 Å². The van der Waals surface area contributed by atoms with Gasteiger partial charge in [-0.2, -0.15) is 0 Å². The topological polar surface area (TPSA) is 85.8 Å². The zero-order chi connectivity index (χ0) is 14.5. The Bertz CT molecular complexity index is 610. The number of carbonyl (C=O) groups is 1. The highest BCUT2D eigenvalue weighted by Gasteiger charge is 2.23. The molecule has 0 aliphatic heterocycles. The average molecular weight is 289 g/mol. The third-order valence-electron chi connectivity index (χ3n) is 2.91. The molecule has 7 heteroatoms. The normalized spacial score (nSPS) is 11.8. The maximum absolute atomic E-state index is 12.3. The number of hydrogen-bond acceptors (Lipinski definition) is 4. The fourth-order valence-electron chi connectivity index (χ4n) is 1.83. The van der Waals surface area contributed by atoms with Crippen molar-refractivity contribution in [1.29, 1.82) is 0 Å². The predicted molar refractivity (Wildman–Crippen MR) is 78.8 cm³/mol. The Hall–Kier alpha value is -2.28. The first kappa shape index (κ1) is 14.1. The largest absolute Gasteiger partial charge is 0.392 e. The van der Waals surface area contributed by atoms with Gasteiger partial charge in [-0.25, -0.2) is 0 Å². The number of rotatable bonds is 5. The number of nitrogens with two attached hydrogens (primary N) is 1. The number of amides is 1. The lowest BCUT2D eigenvalue weighted by Crippen LogP contribution is -2.36. The second kappa shape index (κ2) is 6.25. The highest BCUT2D eigenvalue weighted by atomic mass is 32.1. The van der Waals surface area contributed by atoms with E-state index in [0.717, 1.165) is 5.56 Å². The van der Waals surface area contributed by atoms with Crippen molar-refractivity contribution in [3.05, 3.63) is 48.0 Å². The number of carbonyl (C=O) groups excluding carboxylic acids is 1. The molecule has 0 aliphatic carbocycles. The molecule has 1 unspecified atom stereocenters. The Labute approximate surface area is 122 Å². The summed E-state index contributed by atoms with van der Waals surface area (Å²) in [7, 11) is 1.81. The smallest absolute Gasteiger partial charge is 0.234 e. The molecule has 0 bridgehead atoms. The van der Waals surface area contributed by atoms with E-state index in [2.05, 4.69) is 15.5 Å². The van der Waals surface area contributed by atoms with Crippen LogP contribution in [0.1, 0.15) is 17.3 Å². The summed E-state index contributed by atoms with van der Waals surface area (Å²) in [6.07, 6.45) is 1.57. The van der Waals surface area contributed by atoms with Gasteiger partial charge in [0.25, 0.3) is 0 Å². The Morgan fingerprint density at radius 2 is 2.15 bits per heavy atom. The molecular weight excluding hydrogens is 274 g/mol. The van der Waals surface area contributed by atoms with Crippen molar-refractivity contribution in [3.8, 4) is 0 Å². The van der Waals surface area contributed by atoms with E-state index >= 15 is 0 Å². The molecule has 3 N–H and O–H groups in total. The predicted octanol–water partition coefficient (Wildman–Crippen LogP) is 0.501. The van der Waals surface area contributed by atoms with Gasteiger partial charge in [-0.05, 0) is 5.56 Å². The monoisotopic (exact) mass is 289 g/mol. The van der Waals surface area contributed by atoms with Crippen LogP contribution in [0.3, 0.4) is 0 Å². The van der Waals surface area contributed by atoms with Crippen molar-refractivity contribution in [2.75, 3.05) is 0 Å². The minimum atomic E-state index is -0.639. The maximum Gasteiger partial charge on any atom is 0.234 e. The molecule has 2 aromatic rings. The van der Waals surface area contributed by atoms with Gasteiger partial charge in [0, 0.05) is 7.05 Å². The standard InChI is InChI=1S/C13H15N5OS/c1-18-8-16-17-10(18)7-15-13(19)11(12(14)20)9-5-3-2-4-6-9/h2-6,8,11H,7H2,1H3,(H2,14,20)(H,15,19). The Morgan fingerprint density at radius 3 is 2.70 bits per heavy atom. The molecule has 0 saturated carbocycles. The molecule has 0 aliphatic rings. The summed E-state index contributed by atoms with van der Waals surface area (Å²) in [5.41, 5.74) is 6.46. The fourth-order valence-corrected chi connectivity index (χ4v) is 2.07.